The minimum Gasteiger partial charge on any atom is -0.338 e. The van der Waals surface area contributed by atoms with E-state index in [2.05, 4.69) is 10.6 Å². The van der Waals surface area contributed by atoms with Gasteiger partial charge < -0.3 is 10.6 Å². The van der Waals surface area contributed by atoms with E-state index in [0.29, 0.717) is 11.6 Å². The Morgan fingerprint density at radius 1 is 0.957 bits per heavy atom. The predicted molar refractivity (Wildman–Crippen MR) is 94.1 cm³/mol. The lowest BCUT2D eigenvalue weighted by Gasteiger charge is -2.18. The lowest BCUT2D eigenvalue weighted by atomic mass is 10.1. The molecule has 2 aromatic carbocycles. The van der Waals surface area contributed by atoms with Crippen LogP contribution in [0, 0.1) is 0 Å². The number of carbonyl (C=O) groups excluding carboxylic acids is 1. The van der Waals surface area contributed by atoms with Gasteiger partial charge in [0.2, 0.25) is 0 Å². The molecular formula is C18H18Cl2N2O. The van der Waals surface area contributed by atoms with Gasteiger partial charge in [-0.1, -0.05) is 47.5 Å². The van der Waals surface area contributed by atoms with Crippen LogP contribution < -0.4 is 10.6 Å². The third-order valence-corrected chi connectivity index (χ3v) is 4.62. The van der Waals surface area contributed by atoms with Gasteiger partial charge in [0.15, 0.2) is 0 Å². The molecule has 0 atom stereocenters. The van der Waals surface area contributed by atoms with Gasteiger partial charge in [-0.2, -0.15) is 0 Å². The molecule has 2 amide bonds. The fraction of sp³-hybridized carbons (Fsp3) is 0.278. The van der Waals surface area contributed by atoms with Crippen LogP contribution >= 0.6 is 23.2 Å². The molecule has 0 radical (unpaired) electrons. The molecule has 1 fully saturated rings. The SMILES string of the molecule is O=C(NCCc1ccc(Cl)cc1)NC1(c2ccc(Cl)cc2)CC1. The van der Waals surface area contributed by atoms with Crippen LogP contribution in [0.25, 0.3) is 0 Å². The molecule has 2 aromatic rings. The van der Waals surface area contributed by atoms with Crippen LogP contribution in [0.1, 0.15) is 24.0 Å². The van der Waals surface area contributed by atoms with Crippen molar-refractivity contribution in [3.05, 3.63) is 69.7 Å². The van der Waals surface area contributed by atoms with Crippen molar-refractivity contribution in [3.63, 3.8) is 0 Å². The van der Waals surface area contributed by atoms with Gasteiger partial charge in [0.1, 0.15) is 0 Å². The maximum atomic E-state index is 12.1. The maximum absolute atomic E-state index is 12.1. The van der Waals surface area contributed by atoms with E-state index in [1.807, 2.05) is 48.5 Å². The summed E-state index contributed by atoms with van der Waals surface area (Å²) in [6, 6.07) is 15.2. The Bertz CT molecular complexity index is 679. The Labute approximate surface area is 146 Å². The lowest BCUT2D eigenvalue weighted by Crippen LogP contribution is -2.42. The van der Waals surface area contributed by atoms with Crippen LogP contribution in [-0.2, 0) is 12.0 Å². The molecule has 2 N–H and O–H groups in total. The number of amides is 2. The molecule has 1 aliphatic rings. The first-order chi connectivity index (χ1) is 11.1. The first-order valence-electron chi connectivity index (χ1n) is 7.64. The van der Waals surface area contributed by atoms with Crippen molar-refractivity contribution < 1.29 is 4.79 Å². The predicted octanol–water partition coefficient (Wildman–Crippen LogP) is 4.52. The average molecular weight is 349 g/mol. The normalized spacial score (nSPS) is 15.0. The summed E-state index contributed by atoms with van der Waals surface area (Å²) in [5.74, 6) is 0. The van der Waals surface area contributed by atoms with E-state index in [1.54, 1.807) is 0 Å². The summed E-state index contributed by atoms with van der Waals surface area (Å²) in [7, 11) is 0. The minimum absolute atomic E-state index is 0.133. The molecule has 120 valence electrons. The van der Waals surface area contributed by atoms with Crippen molar-refractivity contribution in [2.45, 2.75) is 24.8 Å². The quantitative estimate of drug-likeness (QED) is 0.818. The van der Waals surface area contributed by atoms with Gasteiger partial charge in [-0.05, 0) is 54.7 Å². The van der Waals surface area contributed by atoms with Crippen molar-refractivity contribution in [3.8, 4) is 0 Å². The molecule has 0 saturated heterocycles. The van der Waals surface area contributed by atoms with Crippen molar-refractivity contribution in [2.75, 3.05) is 6.54 Å². The summed E-state index contributed by atoms with van der Waals surface area (Å²) in [6.45, 7) is 0.587. The summed E-state index contributed by atoms with van der Waals surface area (Å²) in [5, 5.41) is 7.42. The molecule has 0 bridgehead atoms. The standard InChI is InChI=1S/C18H18Cl2N2O/c19-15-5-1-13(2-6-15)9-12-21-17(23)22-18(10-11-18)14-3-7-16(20)8-4-14/h1-8H,9-12H2,(H2,21,22,23). The van der Waals surface area contributed by atoms with Crippen LogP contribution in [0.5, 0.6) is 0 Å². The van der Waals surface area contributed by atoms with Gasteiger partial charge in [0.05, 0.1) is 5.54 Å². The van der Waals surface area contributed by atoms with Crippen LogP contribution in [0.3, 0.4) is 0 Å². The largest absolute Gasteiger partial charge is 0.338 e. The molecule has 5 heteroatoms. The molecule has 0 aliphatic heterocycles. The molecular weight excluding hydrogens is 331 g/mol. The van der Waals surface area contributed by atoms with Crippen LogP contribution in [0.4, 0.5) is 4.79 Å². The number of benzene rings is 2. The molecule has 0 spiro atoms. The molecule has 23 heavy (non-hydrogen) atoms. The third-order valence-electron chi connectivity index (χ3n) is 4.11. The number of hydrogen-bond donors (Lipinski definition) is 2. The zero-order valence-corrected chi connectivity index (χ0v) is 14.1. The number of hydrogen-bond acceptors (Lipinski definition) is 1. The topological polar surface area (TPSA) is 41.1 Å². The van der Waals surface area contributed by atoms with Crippen molar-refractivity contribution in [1.29, 1.82) is 0 Å². The Balaban J connectivity index is 1.49. The zero-order chi connectivity index (χ0) is 16.3. The second kappa shape index (κ2) is 6.81. The van der Waals surface area contributed by atoms with Gasteiger partial charge >= 0.3 is 6.03 Å². The Hall–Kier alpha value is -1.71. The molecule has 1 saturated carbocycles. The number of rotatable bonds is 5. The van der Waals surface area contributed by atoms with Crippen LogP contribution in [-0.4, -0.2) is 12.6 Å². The van der Waals surface area contributed by atoms with Gasteiger partial charge in [-0.15, -0.1) is 0 Å². The van der Waals surface area contributed by atoms with Crippen LogP contribution in [0.15, 0.2) is 48.5 Å². The van der Waals surface area contributed by atoms with E-state index in [0.717, 1.165) is 35.4 Å². The summed E-state index contributed by atoms with van der Waals surface area (Å²) in [6.07, 6.45) is 2.69. The van der Waals surface area contributed by atoms with E-state index in [1.165, 1.54) is 0 Å². The molecule has 0 heterocycles. The van der Waals surface area contributed by atoms with Gasteiger partial charge in [-0.25, -0.2) is 4.79 Å². The van der Waals surface area contributed by atoms with E-state index >= 15 is 0 Å². The Morgan fingerprint density at radius 2 is 1.52 bits per heavy atom. The lowest BCUT2D eigenvalue weighted by molar-refractivity contribution is 0.236. The second-order valence-corrected chi connectivity index (χ2v) is 6.72. The summed E-state index contributed by atoms with van der Waals surface area (Å²) < 4.78 is 0. The smallest absolute Gasteiger partial charge is 0.315 e. The Morgan fingerprint density at radius 3 is 2.09 bits per heavy atom. The van der Waals surface area contributed by atoms with Gasteiger partial charge in [-0.3, -0.25) is 0 Å². The van der Waals surface area contributed by atoms with E-state index in [4.69, 9.17) is 23.2 Å². The third kappa shape index (κ3) is 4.18. The maximum Gasteiger partial charge on any atom is 0.315 e. The highest BCUT2D eigenvalue weighted by atomic mass is 35.5. The summed E-state index contributed by atoms with van der Waals surface area (Å²) in [4.78, 5) is 12.1. The summed E-state index contributed by atoms with van der Waals surface area (Å²) in [5.41, 5.74) is 2.03. The number of halogens is 2. The molecule has 3 rings (SSSR count). The van der Waals surface area contributed by atoms with Crippen molar-refractivity contribution in [1.82, 2.24) is 10.6 Å². The first-order valence-corrected chi connectivity index (χ1v) is 8.39. The first kappa shape index (κ1) is 16.2. The minimum atomic E-state index is -0.227. The van der Waals surface area contributed by atoms with E-state index in [-0.39, 0.29) is 11.6 Å². The van der Waals surface area contributed by atoms with Crippen molar-refractivity contribution in [2.24, 2.45) is 0 Å². The molecule has 1 aliphatic carbocycles. The highest BCUT2D eigenvalue weighted by molar-refractivity contribution is 6.30. The van der Waals surface area contributed by atoms with Crippen molar-refractivity contribution >= 4 is 29.2 Å². The fourth-order valence-electron chi connectivity index (χ4n) is 2.61. The zero-order valence-electron chi connectivity index (χ0n) is 12.6. The van der Waals surface area contributed by atoms with Crippen LogP contribution in [0.2, 0.25) is 10.0 Å². The fourth-order valence-corrected chi connectivity index (χ4v) is 2.86. The highest BCUT2D eigenvalue weighted by Crippen LogP contribution is 2.45. The highest BCUT2D eigenvalue weighted by Gasteiger charge is 2.45. The molecule has 0 unspecified atom stereocenters. The number of nitrogens with one attached hydrogen (secondary N) is 2. The van der Waals surface area contributed by atoms with E-state index < -0.39 is 0 Å². The van der Waals surface area contributed by atoms with E-state index in [9.17, 15) is 4.79 Å². The van der Waals surface area contributed by atoms with Gasteiger partial charge in [0.25, 0.3) is 0 Å². The van der Waals surface area contributed by atoms with Gasteiger partial charge in [0, 0.05) is 16.6 Å². The second-order valence-electron chi connectivity index (χ2n) is 5.85. The summed E-state index contributed by atoms with van der Waals surface area (Å²) >= 11 is 11.8. The average Bonchev–Trinajstić information content (AvgIpc) is 3.30. The Kier molecular flexibility index (Phi) is 4.79. The number of carbonyl (C=O) groups is 1. The monoisotopic (exact) mass is 348 g/mol. The number of urea groups is 1. The molecule has 0 aromatic heterocycles. The molecule has 3 nitrogen and oxygen atoms in total.